The van der Waals surface area contributed by atoms with Gasteiger partial charge in [0.15, 0.2) is 5.96 Å². The van der Waals surface area contributed by atoms with E-state index in [1.807, 2.05) is 32.0 Å². The molecule has 6 nitrogen and oxygen atoms in total. The van der Waals surface area contributed by atoms with Gasteiger partial charge in [0.2, 0.25) is 0 Å². The Morgan fingerprint density at radius 3 is 2.59 bits per heavy atom. The molecule has 0 aliphatic heterocycles. The molecule has 1 rings (SSSR count). The Balaban J connectivity index is 0.00000676. The van der Waals surface area contributed by atoms with Gasteiger partial charge in [-0.1, -0.05) is 22.0 Å². The Bertz CT molecular complexity index is 558. The molecule has 0 spiro atoms. The van der Waals surface area contributed by atoms with Crippen LogP contribution in [-0.4, -0.2) is 51.3 Å². The summed E-state index contributed by atoms with van der Waals surface area (Å²) >= 11 is 3.37. The monoisotopic (exact) mass is 554 g/mol. The van der Waals surface area contributed by atoms with Crippen molar-refractivity contribution in [3.8, 4) is 0 Å². The van der Waals surface area contributed by atoms with Crippen molar-refractivity contribution in [3.05, 3.63) is 34.3 Å². The molecule has 0 radical (unpaired) electrons. The molecule has 1 aromatic rings. The lowest BCUT2D eigenvalue weighted by Gasteiger charge is -2.11. The van der Waals surface area contributed by atoms with Crippen molar-refractivity contribution in [1.29, 1.82) is 0 Å². The number of amides is 1. The van der Waals surface area contributed by atoms with Gasteiger partial charge < -0.3 is 20.7 Å². The average molecular weight is 555 g/mol. The van der Waals surface area contributed by atoms with E-state index >= 15 is 0 Å². The van der Waals surface area contributed by atoms with Crippen LogP contribution in [0.25, 0.3) is 0 Å². The fourth-order valence-electron chi connectivity index (χ4n) is 2.23. The molecule has 0 aliphatic carbocycles. The summed E-state index contributed by atoms with van der Waals surface area (Å²) < 4.78 is 6.23. The van der Waals surface area contributed by atoms with E-state index in [1.54, 1.807) is 6.07 Å². The zero-order valence-corrected chi connectivity index (χ0v) is 20.1. The molecule has 1 amide bonds. The molecule has 0 atom stereocenters. The lowest BCUT2D eigenvalue weighted by molar-refractivity contribution is 0.0953. The number of hydrogen-bond acceptors (Lipinski definition) is 3. The second-order valence-corrected chi connectivity index (χ2v) is 6.63. The topological polar surface area (TPSA) is 74.8 Å². The SMILES string of the molecule is CCNC(=NCCCNC(=O)c1cccc(Br)c1)NCCCCOCC.I. The molecule has 0 saturated heterocycles. The van der Waals surface area contributed by atoms with Gasteiger partial charge in [-0.15, -0.1) is 24.0 Å². The van der Waals surface area contributed by atoms with Crippen molar-refractivity contribution in [2.75, 3.05) is 39.4 Å². The second-order valence-electron chi connectivity index (χ2n) is 5.71. The van der Waals surface area contributed by atoms with E-state index in [-0.39, 0.29) is 29.9 Å². The van der Waals surface area contributed by atoms with Crippen LogP contribution >= 0.6 is 39.9 Å². The number of benzene rings is 1. The number of aliphatic imine (C=N–C) groups is 1. The van der Waals surface area contributed by atoms with Crippen LogP contribution in [-0.2, 0) is 4.74 Å². The number of hydrogen-bond donors (Lipinski definition) is 3. The predicted octanol–water partition coefficient (Wildman–Crippen LogP) is 3.56. The molecule has 8 heteroatoms. The number of halogens is 2. The summed E-state index contributed by atoms with van der Waals surface area (Å²) in [6, 6.07) is 7.37. The van der Waals surface area contributed by atoms with Crippen LogP contribution in [0.1, 0.15) is 43.5 Å². The summed E-state index contributed by atoms with van der Waals surface area (Å²) in [6.45, 7) is 8.59. The zero-order chi connectivity index (χ0) is 19.0. The molecule has 0 aromatic heterocycles. The highest BCUT2D eigenvalue weighted by molar-refractivity contribution is 14.0. The van der Waals surface area contributed by atoms with Crippen LogP contribution in [0.5, 0.6) is 0 Å². The highest BCUT2D eigenvalue weighted by Gasteiger charge is 2.04. The summed E-state index contributed by atoms with van der Waals surface area (Å²) in [5.74, 6) is 0.761. The highest BCUT2D eigenvalue weighted by atomic mass is 127. The highest BCUT2D eigenvalue weighted by Crippen LogP contribution is 2.11. The smallest absolute Gasteiger partial charge is 0.251 e. The molecule has 27 heavy (non-hydrogen) atoms. The minimum Gasteiger partial charge on any atom is -0.382 e. The van der Waals surface area contributed by atoms with Gasteiger partial charge in [0.25, 0.3) is 5.91 Å². The fraction of sp³-hybridized carbons (Fsp3) is 0.579. The Kier molecular flexibility index (Phi) is 16.7. The Labute approximate surface area is 188 Å². The summed E-state index contributed by atoms with van der Waals surface area (Å²) in [4.78, 5) is 16.6. The first-order chi connectivity index (χ1) is 12.7. The number of rotatable bonds is 12. The van der Waals surface area contributed by atoms with Gasteiger partial charge in [-0.2, -0.15) is 0 Å². The summed E-state index contributed by atoms with van der Waals surface area (Å²) in [5.41, 5.74) is 0.657. The van der Waals surface area contributed by atoms with E-state index in [9.17, 15) is 4.79 Å². The first kappa shape index (κ1) is 26.1. The van der Waals surface area contributed by atoms with Crippen molar-refractivity contribution in [3.63, 3.8) is 0 Å². The number of nitrogens with one attached hydrogen (secondary N) is 3. The molecule has 3 N–H and O–H groups in total. The molecule has 1 aromatic carbocycles. The third-order valence-electron chi connectivity index (χ3n) is 3.53. The number of ether oxygens (including phenoxy) is 1. The summed E-state index contributed by atoms with van der Waals surface area (Å²) in [7, 11) is 0. The van der Waals surface area contributed by atoms with E-state index in [1.165, 1.54) is 0 Å². The van der Waals surface area contributed by atoms with Crippen LogP contribution in [0.15, 0.2) is 33.7 Å². The first-order valence-corrected chi connectivity index (χ1v) is 10.1. The van der Waals surface area contributed by atoms with Gasteiger partial charge in [0.1, 0.15) is 0 Å². The molecule has 0 fully saturated rings. The number of guanidine groups is 1. The minimum absolute atomic E-state index is 0. The van der Waals surface area contributed by atoms with Crippen molar-refractivity contribution in [1.82, 2.24) is 16.0 Å². The van der Waals surface area contributed by atoms with E-state index in [4.69, 9.17) is 4.74 Å². The van der Waals surface area contributed by atoms with Crippen LogP contribution in [0.2, 0.25) is 0 Å². The first-order valence-electron chi connectivity index (χ1n) is 9.31. The number of carbonyl (C=O) groups excluding carboxylic acids is 1. The van der Waals surface area contributed by atoms with Gasteiger partial charge in [0.05, 0.1) is 0 Å². The molecule has 154 valence electrons. The van der Waals surface area contributed by atoms with Crippen LogP contribution < -0.4 is 16.0 Å². The second kappa shape index (κ2) is 17.2. The molecular weight excluding hydrogens is 523 g/mol. The lowest BCUT2D eigenvalue weighted by Crippen LogP contribution is -2.38. The molecule has 0 aliphatic rings. The van der Waals surface area contributed by atoms with E-state index < -0.39 is 0 Å². The van der Waals surface area contributed by atoms with Crippen LogP contribution in [0.3, 0.4) is 0 Å². The van der Waals surface area contributed by atoms with E-state index in [2.05, 4.69) is 36.9 Å². The normalized spacial score (nSPS) is 10.9. The maximum Gasteiger partial charge on any atom is 0.251 e. The van der Waals surface area contributed by atoms with Gasteiger partial charge in [-0.25, -0.2) is 0 Å². The number of unbranched alkanes of at least 4 members (excludes halogenated alkanes) is 1. The Morgan fingerprint density at radius 2 is 1.89 bits per heavy atom. The molecule has 0 unspecified atom stereocenters. The van der Waals surface area contributed by atoms with Crippen LogP contribution in [0, 0.1) is 0 Å². The third-order valence-corrected chi connectivity index (χ3v) is 4.03. The maximum atomic E-state index is 12.0. The predicted molar refractivity (Wildman–Crippen MR) is 126 cm³/mol. The summed E-state index contributed by atoms with van der Waals surface area (Å²) in [6.07, 6.45) is 2.88. The molecular formula is C19H32BrIN4O2. The van der Waals surface area contributed by atoms with Gasteiger partial charge in [-0.3, -0.25) is 9.79 Å². The van der Waals surface area contributed by atoms with E-state index in [0.29, 0.717) is 18.7 Å². The largest absolute Gasteiger partial charge is 0.382 e. The maximum absolute atomic E-state index is 12.0. The van der Waals surface area contributed by atoms with Crippen molar-refractivity contribution >= 4 is 51.8 Å². The average Bonchev–Trinajstić information content (AvgIpc) is 2.64. The van der Waals surface area contributed by atoms with Crippen molar-refractivity contribution < 1.29 is 9.53 Å². The lowest BCUT2D eigenvalue weighted by atomic mass is 10.2. The quantitative estimate of drug-likeness (QED) is 0.160. The van der Waals surface area contributed by atoms with Crippen molar-refractivity contribution in [2.24, 2.45) is 4.99 Å². The minimum atomic E-state index is -0.0605. The summed E-state index contributed by atoms with van der Waals surface area (Å²) in [5, 5.41) is 9.47. The Hall–Kier alpha value is -0.870. The zero-order valence-electron chi connectivity index (χ0n) is 16.2. The van der Waals surface area contributed by atoms with Crippen molar-refractivity contribution in [2.45, 2.75) is 33.1 Å². The van der Waals surface area contributed by atoms with Crippen LogP contribution in [0.4, 0.5) is 0 Å². The number of carbonyl (C=O) groups is 1. The molecule has 0 bridgehead atoms. The van der Waals surface area contributed by atoms with Gasteiger partial charge >= 0.3 is 0 Å². The third kappa shape index (κ3) is 13.0. The van der Waals surface area contributed by atoms with Gasteiger partial charge in [0, 0.05) is 49.4 Å². The molecule has 0 heterocycles. The fourth-order valence-corrected chi connectivity index (χ4v) is 2.62. The Morgan fingerprint density at radius 1 is 1.11 bits per heavy atom. The van der Waals surface area contributed by atoms with Gasteiger partial charge in [-0.05, 0) is 51.3 Å². The molecule has 0 saturated carbocycles. The van der Waals surface area contributed by atoms with E-state index in [0.717, 1.165) is 56.0 Å². The standard InChI is InChI=1S/C19H31BrN4O2.HI/c1-3-21-19(23-11-5-6-14-26-4-2)24-13-8-12-22-18(25)16-9-7-10-17(20)15-16;/h7,9-10,15H,3-6,8,11-14H2,1-2H3,(H,22,25)(H2,21,23,24);1H. The number of nitrogens with zero attached hydrogens (tertiary/aromatic N) is 1.